The van der Waals surface area contributed by atoms with Gasteiger partial charge in [-0.3, -0.25) is 4.79 Å². The van der Waals surface area contributed by atoms with Crippen molar-refractivity contribution in [3.8, 4) is 0 Å². The predicted octanol–water partition coefficient (Wildman–Crippen LogP) is 0.242. The van der Waals surface area contributed by atoms with Crippen molar-refractivity contribution < 1.29 is 14.3 Å². The Balaban J connectivity index is 4.26. The van der Waals surface area contributed by atoms with E-state index in [0.717, 1.165) is 6.42 Å². The third-order valence-electron chi connectivity index (χ3n) is 1.98. The molecule has 13 heavy (non-hydrogen) atoms. The Morgan fingerprint density at radius 1 is 1.54 bits per heavy atom. The molecule has 0 aromatic heterocycles. The molecule has 5 heteroatoms. The Labute approximate surface area is 77.6 Å². The fraction of sp³-hybridized carbons (Fsp3) is 0.750. The Hall–Kier alpha value is -1.26. The van der Waals surface area contributed by atoms with Gasteiger partial charge in [0.25, 0.3) is 0 Å². The number of ether oxygens (including phenoxy) is 1. The van der Waals surface area contributed by atoms with Gasteiger partial charge in [-0.2, -0.15) is 0 Å². The number of amides is 2. The van der Waals surface area contributed by atoms with Crippen molar-refractivity contribution in [1.29, 1.82) is 0 Å². The van der Waals surface area contributed by atoms with Crippen LogP contribution in [0.2, 0.25) is 0 Å². The lowest BCUT2D eigenvalue weighted by atomic mass is 9.99. The van der Waals surface area contributed by atoms with Crippen LogP contribution >= 0.6 is 0 Å². The fourth-order valence-corrected chi connectivity index (χ4v) is 0.915. The van der Waals surface area contributed by atoms with E-state index in [-0.39, 0.29) is 5.92 Å². The topological polar surface area (TPSA) is 81.4 Å². The second kappa shape index (κ2) is 5.40. The zero-order valence-corrected chi connectivity index (χ0v) is 8.16. The zero-order valence-electron chi connectivity index (χ0n) is 8.16. The van der Waals surface area contributed by atoms with Crippen molar-refractivity contribution in [2.75, 3.05) is 7.11 Å². The third-order valence-corrected chi connectivity index (χ3v) is 1.98. The van der Waals surface area contributed by atoms with Gasteiger partial charge in [-0.1, -0.05) is 20.3 Å². The Morgan fingerprint density at radius 2 is 2.08 bits per heavy atom. The van der Waals surface area contributed by atoms with Crippen molar-refractivity contribution in [2.45, 2.75) is 26.3 Å². The molecule has 0 heterocycles. The molecule has 0 aromatic rings. The molecule has 5 nitrogen and oxygen atoms in total. The first-order valence-electron chi connectivity index (χ1n) is 4.16. The summed E-state index contributed by atoms with van der Waals surface area (Å²) in [7, 11) is 1.24. The molecular weight excluding hydrogens is 172 g/mol. The number of hydrogen-bond acceptors (Lipinski definition) is 3. The number of nitrogens with one attached hydrogen (secondary N) is 1. The molecular formula is C8H16N2O3. The van der Waals surface area contributed by atoms with Gasteiger partial charge in [0.2, 0.25) is 5.91 Å². The smallest absolute Gasteiger partial charge is 0.407 e. The lowest BCUT2D eigenvalue weighted by molar-refractivity contribution is -0.121. The number of nitrogens with two attached hydrogens (primary N) is 1. The largest absolute Gasteiger partial charge is 0.453 e. The molecule has 0 fully saturated rings. The summed E-state index contributed by atoms with van der Waals surface area (Å²) in [6.45, 7) is 3.75. The number of primary amides is 1. The first-order chi connectivity index (χ1) is 6.02. The number of carbonyl (C=O) groups is 2. The minimum atomic E-state index is -0.655. The maximum absolute atomic E-state index is 10.9. The van der Waals surface area contributed by atoms with Gasteiger partial charge in [0.15, 0.2) is 0 Å². The summed E-state index contributed by atoms with van der Waals surface area (Å²) in [6.07, 6.45) is 0.126. The van der Waals surface area contributed by atoms with Crippen LogP contribution in [-0.4, -0.2) is 25.2 Å². The minimum Gasteiger partial charge on any atom is -0.453 e. The van der Waals surface area contributed by atoms with Crippen LogP contribution in [0.15, 0.2) is 0 Å². The molecule has 0 aliphatic heterocycles. The van der Waals surface area contributed by atoms with Crippen molar-refractivity contribution in [3.63, 3.8) is 0 Å². The van der Waals surface area contributed by atoms with Gasteiger partial charge in [-0.05, 0) is 5.92 Å². The first-order valence-corrected chi connectivity index (χ1v) is 4.16. The van der Waals surface area contributed by atoms with E-state index in [1.54, 1.807) is 0 Å². The number of hydrogen-bond donors (Lipinski definition) is 2. The molecule has 0 aromatic carbocycles. The van der Waals surface area contributed by atoms with E-state index in [9.17, 15) is 9.59 Å². The zero-order chi connectivity index (χ0) is 10.4. The molecule has 3 N–H and O–H groups in total. The van der Waals surface area contributed by atoms with Gasteiger partial charge >= 0.3 is 6.09 Å². The lowest BCUT2D eigenvalue weighted by Crippen LogP contribution is -2.48. The summed E-state index contributed by atoms with van der Waals surface area (Å²) in [5.74, 6) is -0.531. The Kier molecular flexibility index (Phi) is 4.87. The lowest BCUT2D eigenvalue weighted by Gasteiger charge is -2.19. The summed E-state index contributed by atoms with van der Waals surface area (Å²) in [5, 5.41) is 2.38. The predicted molar refractivity (Wildman–Crippen MR) is 48.0 cm³/mol. The molecule has 0 aliphatic carbocycles. The van der Waals surface area contributed by atoms with Gasteiger partial charge in [0.1, 0.15) is 6.04 Å². The number of carbonyl (C=O) groups excluding carboxylic acids is 2. The van der Waals surface area contributed by atoms with Crippen LogP contribution in [0, 0.1) is 5.92 Å². The summed E-state index contributed by atoms with van der Waals surface area (Å²) in [5.41, 5.74) is 5.11. The number of methoxy groups -OCH3 is 1. The fourth-order valence-electron chi connectivity index (χ4n) is 0.915. The highest BCUT2D eigenvalue weighted by molar-refractivity contribution is 5.84. The van der Waals surface area contributed by atoms with Gasteiger partial charge < -0.3 is 15.8 Å². The Morgan fingerprint density at radius 3 is 2.38 bits per heavy atom. The second-order valence-corrected chi connectivity index (χ2v) is 2.90. The molecule has 0 spiro atoms. The average Bonchev–Trinajstić information content (AvgIpc) is 2.11. The van der Waals surface area contributed by atoms with Crippen LogP contribution < -0.4 is 11.1 Å². The van der Waals surface area contributed by atoms with E-state index in [1.807, 2.05) is 13.8 Å². The maximum atomic E-state index is 10.9. The highest BCUT2D eigenvalue weighted by Crippen LogP contribution is 2.06. The van der Waals surface area contributed by atoms with Crippen LogP contribution in [0.4, 0.5) is 4.79 Å². The maximum Gasteiger partial charge on any atom is 0.407 e. The summed E-state index contributed by atoms with van der Waals surface area (Å²) in [4.78, 5) is 21.7. The van der Waals surface area contributed by atoms with Crippen molar-refractivity contribution in [1.82, 2.24) is 5.32 Å². The highest BCUT2D eigenvalue weighted by atomic mass is 16.5. The highest BCUT2D eigenvalue weighted by Gasteiger charge is 2.23. The van der Waals surface area contributed by atoms with Crippen LogP contribution in [0.25, 0.3) is 0 Å². The standard InChI is InChI=1S/C8H16N2O3/c1-4-5(2)6(7(9)11)10-8(12)13-3/h5-6H,4H2,1-3H3,(H2,9,11)(H,10,12)/t5-,6-/m0/s1. The van der Waals surface area contributed by atoms with Crippen LogP contribution in [-0.2, 0) is 9.53 Å². The average molecular weight is 188 g/mol. The molecule has 0 unspecified atom stereocenters. The third kappa shape index (κ3) is 3.78. The van der Waals surface area contributed by atoms with E-state index in [0.29, 0.717) is 0 Å². The van der Waals surface area contributed by atoms with Crippen LogP contribution in [0.3, 0.4) is 0 Å². The van der Waals surface area contributed by atoms with Crippen molar-refractivity contribution in [2.24, 2.45) is 11.7 Å². The molecule has 0 rings (SSSR count). The SMILES string of the molecule is CC[C@H](C)[C@H](NC(=O)OC)C(N)=O. The number of alkyl carbamates (subject to hydrolysis) is 1. The molecule has 2 atom stereocenters. The summed E-state index contributed by atoms with van der Waals surface area (Å²) in [6, 6.07) is -0.655. The van der Waals surface area contributed by atoms with Crippen LogP contribution in [0.1, 0.15) is 20.3 Å². The van der Waals surface area contributed by atoms with Gasteiger partial charge in [0.05, 0.1) is 7.11 Å². The van der Waals surface area contributed by atoms with E-state index in [1.165, 1.54) is 7.11 Å². The van der Waals surface area contributed by atoms with E-state index in [4.69, 9.17) is 5.73 Å². The van der Waals surface area contributed by atoms with Crippen LogP contribution in [0.5, 0.6) is 0 Å². The van der Waals surface area contributed by atoms with Gasteiger partial charge in [0, 0.05) is 0 Å². The first kappa shape index (κ1) is 11.7. The molecule has 0 saturated heterocycles. The minimum absolute atomic E-state index is 0.0107. The van der Waals surface area contributed by atoms with E-state index in [2.05, 4.69) is 10.1 Å². The second-order valence-electron chi connectivity index (χ2n) is 2.90. The molecule has 0 radical (unpaired) electrons. The van der Waals surface area contributed by atoms with Crippen molar-refractivity contribution in [3.05, 3.63) is 0 Å². The van der Waals surface area contributed by atoms with E-state index < -0.39 is 18.0 Å². The quantitative estimate of drug-likeness (QED) is 0.663. The monoisotopic (exact) mass is 188 g/mol. The molecule has 0 bridgehead atoms. The van der Waals surface area contributed by atoms with Gasteiger partial charge in [-0.25, -0.2) is 4.79 Å². The molecule has 0 aliphatic rings. The number of rotatable bonds is 4. The van der Waals surface area contributed by atoms with Crippen molar-refractivity contribution >= 4 is 12.0 Å². The van der Waals surface area contributed by atoms with E-state index >= 15 is 0 Å². The Bertz CT molecular complexity index is 194. The summed E-state index contributed by atoms with van der Waals surface area (Å²) >= 11 is 0. The molecule has 2 amide bonds. The van der Waals surface area contributed by atoms with Gasteiger partial charge in [-0.15, -0.1) is 0 Å². The summed E-state index contributed by atoms with van der Waals surface area (Å²) < 4.78 is 4.37. The molecule has 76 valence electrons. The normalized spacial score (nSPS) is 14.4. The molecule has 0 saturated carbocycles.